The van der Waals surface area contributed by atoms with E-state index in [1.165, 1.54) is 0 Å². The van der Waals surface area contributed by atoms with E-state index in [1.54, 1.807) is 11.3 Å². The largest absolute Gasteiger partial charge is 0.388 e. The first-order valence-corrected chi connectivity index (χ1v) is 5.02. The van der Waals surface area contributed by atoms with Crippen molar-refractivity contribution in [3.8, 4) is 0 Å². The van der Waals surface area contributed by atoms with Crippen molar-refractivity contribution < 1.29 is 5.11 Å². The minimum atomic E-state index is -0.345. The van der Waals surface area contributed by atoms with E-state index >= 15 is 0 Å². The van der Waals surface area contributed by atoms with Crippen molar-refractivity contribution in [1.82, 2.24) is 0 Å². The van der Waals surface area contributed by atoms with Gasteiger partial charge in [0.05, 0.1) is 9.89 Å². The molecule has 1 aliphatic carbocycles. The second kappa shape index (κ2) is 2.55. The number of rotatable bonds is 0. The maximum absolute atomic E-state index is 9.47. The Bertz CT molecular complexity index is 260. The highest BCUT2D eigenvalue weighted by Crippen LogP contribution is 2.43. The summed E-state index contributed by atoms with van der Waals surface area (Å²) in [5, 5.41) is 9.47. The molecule has 0 saturated heterocycles. The van der Waals surface area contributed by atoms with Crippen LogP contribution in [0.15, 0.2) is 9.85 Å². The second-order valence-electron chi connectivity index (χ2n) is 2.73. The van der Waals surface area contributed by atoms with Crippen molar-refractivity contribution in [2.24, 2.45) is 5.73 Å². The van der Waals surface area contributed by atoms with Gasteiger partial charge in [0, 0.05) is 10.9 Å². The molecule has 3 N–H and O–H groups in total. The van der Waals surface area contributed by atoms with E-state index in [9.17, 15) is 5.11 Å². The van der Waals surface area contributed by atoms with Crippen molar-refractivity contribution in [2.75, 3.05) is 0 Å². The fourth-order valence-corrected chi connectivity index (χ4v) is 3.14. The van der Waals surface area contributed by atoms with Gasteiger partial charge < -0.3 is 10.8 Å². The highest BCUT2D eigenvalue weighted by atomic mass is 79.9. The maximum Gasteiger partial charge on any atom is 0.0820 e. The Morgan fingerprint density at radius 3 is 3.09 bits per heavy atom. The maximum atomic E-state index is 9.47. The lowest BCUT2D eigenvalue weighted by Gasteiger charge is -2.00. The van der Waals surface area contributed by atoms with Crippen molar-refractivity contribution in [1.29, 1.82) is 0 Å². The van der Waals surface area contributed by atoms with E-state index in [-0.39, 0.29) is 12.1 Å². The van der Waals surface area contributed by atoms with Gasteiger partial charge in [0.25, 0.3) is 0 Å². The minimum Gasteiger partial charge on any atom is -0.388 e. The third-order valence-electron chi connectivity index (χ3n) is 1.93. The molecule has 1 aliphatic rings. The summed E-state index contributed by atoms with van der Waals surface area (Å²) in [6, 6.07) is 1.99. The minimum absolute atomic E-state index is 0.0382. The normalized spacial score (nSPS) is 29.0. The molecule has 2 rings (SSSR count). The molecular weight excluding hydrogens is 226 g/mol. The standard InChI is InChI=1S/C7H8BrNOS/c8-6-1-3-5(10)2-4(9)7(3)11-6/h1,4-5,10H,2,9H2. The summed E-state index contributed by atoms with van der Waals surface area (Å²) in [5.41, 5.74) is 6.79. The third kappa shape index (κ3) is 1.14. The van der Waals surface area contributed by atoms with E-state index in [1.807, 2.05) is 6.07 Å². The van der Waals surface area contributed by atoms with Gasteiger partial charge in [-0.3, -0.25) is 0 Å². The smallest absolute Gasteiger partial charge is 0.0820 e. The molecule has 2 atom stereocenters. The molecule has 1 heterocycles. The molecule has 1 aromatic rings. The molecule has 2 nitrogen and oxygen atoms in total. The number of aliphatic hydroxyl groups is 1. The number of hydrogen-bond donors (Lipinski definition) is 2. The monoisotopic (exact) mass is 233 g/mol. The van der Waals surface area contributed by atoms with Gasteiger partial charge in [0.2, 0.25) is 0 Å². The molecule has 0 aliphatic heterocycles. The Labute approximate surface area is 77.2 Å². The molecule has 1 aromatic heterocycles. The number of thiophene rings is 1. The van der Waals surface area contributed by atoms with E-state index in [4.69, 9.17) is 5.73 Å². The summed E-state index contributed by atoms with van der Waals surface area (Å²) >= 11 is 4.98. The Morgan fingerprint density at radius 2 is 2.45 bits per heavy atom. The zero-order valence-electron chi connectivity index (χ0n) is 5.75. The third-order valence-corrected chi connectivity index (χ3v) is 3.72. The van der Waals surface area contributed by atoms with Crippen molar-refractivity contribution in [3.63, 3.8) is 0 Å². The topological polar surface area (TPSA) is 46.2 Å². The highest BCUT2D eigenvalue weighted by molar-refractivity contribution is 9.11. The Hall–Kier alpha value is 0.1000. The van der Waals surface area contributed by atoms with Crippen LogP contribution >= 0.6 is 27.3 Å². The average Bonchev–Trinajstić information content (AvgIpc) is 2.38. The van der Waals surface area contributed by atoms with Gasteiger partial charge in [-0.2, -0.15) is 0 Å². The van der Waals surface area contributed by atoms with Crippen LogP contribution in [-0.2, 0) is 0 Å². The lowest BCUT2D eigenvalue weighted by molar-refractivity contribution is 0.173. The van der Waals surface area contributed by atoms with Gasteiger partial charge >= 0.3 is 0 Å². The van der Waals surface area contributed by atoms with Crippen molar-refractivity contribution >= 4 is 27.3 Å². The quantitative estimate of drug-likeness (QED) is 0.720. The van der Waals surface area contributed by atoms with Gasteiger partial charge in [0.15, 0.2) is 0 Å². The first kappa shape index (κ1) is 7.73. The predicted molar refractivity (Wildman–Crippen MR) is 48.5 cm³/mol. The second-order valence-corrected chi connectivity index (χ2v) is 5.19. The van der Waals surface area contributed by atoms with Crippen LogP contribution in [0, 0.1) is 0 Å². The molecule has 60 valence electrons. The van der Waals surface area contributed by atoms with E-state index in [2.05, 4.69) is 15.9 Å². The van der Waals surface area contributed by atoms with E-state index < -0.39 is 0 Å². The van der Waals surface area contributed by atoms with Gasteiger partial charge in [-0.05, 0) is 34.0 Å². The Balaban J connectivity index is 2.50. The molecule has 0 bridgehead atoms. The van der Waals surface area contributed by atoms with Crippen LogP contribution in [0.2, 0.25) is 0 Å². The first-order valence-electron chi connectivity index (χ1n) is 3.41. The number of fused-ring (bicyclic) bond motifs is 1. The Kier molecular flexibility index (Phi) is 1.79. The van der Waals surface area contributed by atoms with Crippen LogP contribution < -0.4 is 5.73 Å². The lowest BCUT2D eigenvalue weighted by atomic mass is 10.2. The molecule has 4 heteroatoms. The van der Waals surface area contributed by atoms with E-state index in [0.29, 0.717) is 6.42 Å². The summed E-state index contributed by atoms with van der Waals surface area (Å²) in [6.45, 7) is 0. The number of hydrogen-bond acceptors (Lipinski definition) is 3. The van der Waals surface area contributed by atoms with Crippen LogP contribution in [0.25, 0.3) is 0 Å². The number of halogens is 1. The molecule has 0 radical (unpaired) electrons. The summed E-state index contributed by atoms with van der Waals surface area (Å²) < 4.78 is 1.05. The molecule has 0 saturated carbocycles. The molecule has 2 unspecified atom stereocenters. The van der Waals surface area contributed by atoms with Gasteiger partial charge in [-0.1, -0.05) is 0 Å². The first-order chi connectivity index (χ1) is 5.18. The fourth-order valence-electron chi connectivity index (χ4n) is 1.41. The molecule has 11 heavy (non-hydrogen) atoms. The predicted octanol–water partition coefficient (Wildman–Crippen LogP) is 1.95. The van der Waals surface area contributed by atoms with Gasteiger partial charge in [0.1, 0.15) is 0 Å². The van der Waals surface area contributed by atoms with Crippen LogP contribution in [0.5, 0.6) is 0 Å². The van der Waals surface area contributed by atoms with Crippen molar-refractivity contribution in [2.45, 2.75) is 18.6 Å². The highest BCUT2D eigenvalue weighted by Gasteiger charge is 2.29. The van der Waals surface area contributed by atoms with Crippen LogP contribution in [0.4, 0.5) is 0 Å². The summed E-state index contributed by atoms with van der Waals surface area (Å²) in [6.07, 6.45) is 0.330. The molecule has 0 amide bonds. The number of nitrogens with two attached hydrogens (primary N) is 1. The number of aliphatic hydroxyl groups excluding tert-OH is 1. The summed E-state index contributed by atoms with van der Waals surface area (Å²) in [5.74, 6) is 0. The fraction of sp³-hybridized carbons (Fsp3) is 0.429. The van der Waals surface area contributed by atoms with Gasteiger partial charge in [-0.15, -0.1) is 11.3 Å². The Morgan fingerprint density at radius 1 is 1.73 bits per heavy atom. The zero-order valence-corrected chi connectivity index (χ0v) is 8.15. The van der Waals surface area contributed by atoms with Gasteiger partial charge in [-0.25, -0.2) is 0 Å². The zero-order chi connectivity index (χ0) is 8.01. The average molecular weight is 234 g/mol. The summed E-state index contributed by atoms with van der Waals surface area (Å²) in [4.78, 5) is 1.13. The van der Waals surface area contributed by atoms with Crippen LogP contribution in [-0.4, -0.2) is 5.11 Å². The summed E-state index contributed by atoms with van der Waals surface area (Å²) in [7, 11) is 0. The van der Waals surface area contributed by atoms with Crippen molar-refractivity contribution in [3.05, 3.63) is 20.3 Å². The molecule has 0 fully saturated rings. The molecule has 0 aromatic carbocycles. The SMILES string of the molecule is NC1CC(O)c2cc(Br)sc21. The molecule has 0 spiro atoms. The van der Waals surface area contributed by atoms with Crippen LogP contribution in [0.1, 0.15) is 29.0 Å². The van der Waals surface area contributed by atoms with E-state index in [0.717, 1.165) is 14.2 Å². The van der Waals surface area contributed by atoms with Crippen LogP contribution in [0.3, 0.4) is 0 Å². The molecular formula is C7H8BrNOS. The lowest BCUT2D eigenvalue weighted by Crippen LogP contribution is -2.04.